The molecule has 0 aliphatic carbocycles. The van der Waals surface area contributed by atoms with Gasteiger partial charge in [0, 0.05) is 5.56 Å². The largest absolute Gasteiger partial charge is 0.454 e. The first-order valence-electron chi connectivity index (χ1n) is 6.97. The zero-order chi connectivity index (χ0) is 15.5. The van der Waals surface area contributed by atoms with E-state index in [2.05, 4.69) is 0 Å². The van der Waals surface area contributed by atoms with Gasteiger partial charge in [-0.05, 0) is 47.9 Å². The minimum atomic E-state index is -4.82. The molecule has 1 aromatic carbocycles. The van der Waals surface area contributed by atoms with Gasteiger partial charge in [0.15, 0.2) is 0 Å². The van der Waals surface area contributed by atoms with E-state index in [0.717, 1.165) is 24.0 Å². The number of rotatable bonds is 5. The van der Waals surface area contributed by atoms with Gasteiger partial charge in [-0.15, -0.1) is 0 Å². The molecule has 1 aromatic rings. The number of alkyl halides is 3. The van der Waals surface area contributed by atoms with Gasteiger partial charge in [0.1, 0.15) is 0 Å². The van der Waals surface area contributed by atoms with Gasteiger partial charge in [-0.2, -0.15) is 13.2 Å². The van der Waals surface area contributed by atoms with Gasteiger partial charge in [0.05, 0.1) is 0 Å². The third kappa shape index (κ3) is 3.84. The van der Waals surface area contributed by atoms with Crippen LogP contribution in [0.4, 0.5) is 13.2 Å². The summed E-state index contributed by atoms with van der Waals surface area (Å²) in [4.78, 5) is 11.5. The Labute approximate surface area is 118 Å². The van der Waals surface area contributed by atoms with Gasteiger partial charge in [0.2, 0.25) is 0 Å². The molecule has 0 aliphatic rings. The summed E-state index contributed by atoms with van der Waals surface area (Å²) in [6.45, 7) is 7.87. The summed E-state index contributed by atoms with van der Waals surface area (Å²) in [6, 6.07) is 4.70. The molecule has 112 valence electrons. The number of hydrogen-bond donors (Lipinski definition) is 0. The monoisotopic (exact) mass is 286 g/mol. The second-order valence-corrected chi connectivity index (χ2v) is 5.33. The first kappa shape index (κ1) is 16.7. The molecule has 0 radical (unpaired) electrons. The molecule has 20 heavy (non-hydrogen) atoms. The van der Waals surface area contributed by atoms with E-state index in [-0.39, 0.29) is 17.4 Å². The van der Waals surface area contributed by atoms with Crippen molar-refractivity contribution in [2.24, 2.45) is 0 Å². The van der Waals surface area contributed by atoms with Crippen molar-refractivity contribution in [3.63, 3.8) is 0 Å². The van der Waals surface area contributed by atoms with Crippen molar-refractivity contribution in [2.75, 3.05) is 0 Å². The molecular weight excluding hydrogens is 265 g/mol. The highest BCUT2D eigenvalue weighted by molar-refractivity contribution is 6.00. The van der Waals surface area contributed by atoms with E-state index in [1.54, 1.807) is 0 Å². The second kappa shape index (κ2) is 6.42. The molecular formula is C16H21F3O. The van der Waals surface area contributed by atoms with Gasteiger partial charge >= 0.3 is 6.18 Å². The Bertz CT molecular complexity index is 449. The summed E-state index contributed by atoms with van der Waals surface area (Å²) >= 11 is 0. The smallest absolute Gasteiger partial charge is 0.284 e. The average molecular weight is 286 g/mol. The van der Waals surface area contributed by atoms with Crippen molar-refractivity contribution < 1.29 is 18.0 Å². The first-order valence-corrected chi connectivity index (χ1v) is 6.97. The van der Waals surface area contributed by atoms with Crippen LogP contribution in [-0.2, 0) is 0 Å². The number of Topliss-reactive ketones (excluding diaryl/α,β-unsaturated/α-hetero) is 1. The summed E-state index contributed by atoms with van der Waals surface area (Å²) in [7, 11) is 0. The molecule has 1 rings (SSSR count). The fraction of sp³-hybridized carbons (Fsp3) is 0.562. The maximum Gasteiger partial charge on any atom is 0.454 e. The molecule has 0 fully saturated rings. The highest BCUT2D eigenvalue weighted by Gasteiger charge is 2.39. The topological polar surface area (TPSA) is 17.1 Å². The minimum absolute atomic E-state index is 0.138. The SMILES string of the molecule is CCC(C)c1cc(C(=O)C(F)(F)F)cc(C(C)CC)c1. The Morgan fingerprint density at radius 1 is 1.00 bits per heavy atom. The number of halogens is 3. The molecule has 1 nitrogen and oxygen atoms in total. The van der Waals surface area contributed by atoms with Crippen LogP contribution in [0.25, 0.3) is 0 Å². The summed E-state index contributed by atoms with van der Waals surface area (Å²) in [5, 5.41) is 0. The summed E-state index contributed by atoms with van der Waals surface area (Å²) < 4.78 is 37.8. The zero-order valence-electron chi connectivity index (χ0n) is 12.3. The van der Waals surface area contributed by atoms with Crippen LogP contribution in [0.2, 0.25) is 0 Å². The first-order chi connectivity index (χ1) is 9.20. The fourth-order valence-electron chi connectivity index (χ4n) is 2.01. The third-order valence-corrected chi connectivity index (χ3v) is 3.86. The number of carbonyl (C=O) groups is 1. The molecule has 0 bridgehead atoms. The molecule has 0 N–H and O–H groups in total. The summed E-state index contributed by atoms with van der Waals surface area (Å²) in [5.74, 6) is -1.48. The van der Waals surface area contributed by atoms with Crippen LogP contribution in [0.5, 0.6) is 0 Å². The highest BCUT2D eigenvalue weighted by atomic mass is 19.4. The molecule has 0 saturated carbocycles. The molecule has 4 heteroatoms. The summed E-state index contributed by atoms with van der Waals surface area (Å²) in [5.41, 5.74) is 1.36. The normalized spacial score (nSPS) is 14.9. The molecule has 0 aliphatic heterocycles. The van der Waals surface area contributed by atoms with Gasteiger partial charge in [-0.3, -0.25) is 4.79 Å². The molecule has 0 amide bonds. The van der Waals surface area contributed by atoms with Crippen molar-refractivity contribution in [3.8, 4) is 0 Å². The molecule has 2 atom stereocenters. The van der Waals surface area contributed by atoms with E-state index in [0.29, 0.717) is 0 Å². The van der Waals surface area contributed by atoms with Crippen molar-refractivity contribution in [1.29, 1.82) is 0 Å². The van der Waals surface area contributed by atoms with Crippen molar-refractivity contribution in [1.82, 2.24) is 0 Å². The molecule has 0 saturated heterocycles. The van der Waals surface area contributed by atoms with Crippen LogP contribution >= 0.6 is 0 Å². The maximum absolute atomic E-state index is 12.6. The minimum Gasteiger partial charge on any atom is -0.284 e. The standard InChI is InChI=1S/C16H21F3O/c1-5-10(3)12-7-13(11(4)6-2)9-14(8-12)15(20)16(17,18)19/h7-11H,5-6H2,1-4H3. The number of ketones is 1. The van der Waals surface area contributed by atoms with Crippen molar-refractivity contribution in [2.45, 2.75) is 58.5 Å². The Morgan fingerprint density at radius 2 is 1.40 bits per heavy atom. The van der Waals surface area contributed by atoms with Gasteiger partial charge < -0.3 is 0 Å². The van der Waals surface area contributed by atoms with E-state index in [4.69, 9.17) is 0 Å². The number of benzene rings is 1. The van der Waals surface area contributed by atoms with Gasteiger partial charge in [-0.25, -0.2) is 0 Å². The van der Waals surface area contributed by atoms with E-state index in [9.17, 15) is 18.0 Å². The van der Waals surface area contributed by atoms with Crippen LogP contribution in [-0.4, -0.2) is 12.0 Å². The molecule has 2 unspecified atom stereocenters. The lowest BCUT2D eigenvalue weighted by Gasteiger charge is -2.17. The van der Waals surface area contributed by atoms with Crippen molar-refractivity contribution in [3.05, 3.63) is 34.9 Å². The second-order valence-electron chi connectivity index (χ2n) is 5.33. The quantitative estimate of drug-likeness (QED) is 0.657. The predicted molar refractivity (Wildman–Crippen MR) is 74.2 cm³/mol. The van der Waals surface area contributed by atoms with Crippen LogP contribution in [0.3, 0.4) is 0 Å². The Hall–Kier alpha value is -1.32. The fourth-order valence-corrected chi connectivity index (χ4v) is 2.01. The van der Waals surface area contributed by atoms with E-state index in [1.807, 2.05) is 33.8 Å². The Morgan fingerprint density at radius 3 is 1.70 bits per heavy atom. The Balaban J connectivity index is 3.34. The lowest BCUT2D eigenvalue weighted by atomic mass is 9.89. The van der Waals surface area contributed by atoms with Gasteiger partial charge in [-0.1, -0.05) is 33.8 Å². The van der Waals surface area contributed by atoms with Crippen molar-refractivity contribution >= 4 is 5.78 Å². The Kier molecular flexibility index (Phi) is 5.37. The third-order valence-electron chi connectivity index (χ3n) is 3.86. The van der Waals surface area contributed by atoms with E-state index < -0.39 is 12.0 Å². The lowest BCUT2D eigenvalue weighted by molar-refractivity contribution is -0.0885. The number of carbonyl (C=O) groups excluding carboxylic acids is 1. The molecule has 0 heterocycles. The van der Waals surface area contributed by atoms with Gasteiger partial charge in [0.25, 0.3) is 5.78 Å². The zero-order valence-corrected chi connectivity index (χ0v) is 12.3. The van der Waals surface area contributed by atoms with Crippen LogP contribution < -0.4 is 0 Å². The predicted octanol–water partition coefficient (Wildman–Crippen LogP) is 5.46. The van der Waals surface area contributed by atoms with Crippen LogP contribution in [0, 0.1) is 0 Å². The summed E-state index contributed by atoms with van der Waals surface area (Å²) in [6.07, 6.45) is -3.17. The van der Waals surface area contributed by atoms with Crippen LogP contribution in [0.1, 0.15) is 73.9 Å². The maximum atomic E-state index is 12.6. The van der Waals surface area contributed by atoms with E-state index >= 15 is 0 Å². The average Bonchev–Trinajstić information content (AvgIpc) is 2.43. The van der Waals surface area contributed by atoms with Crippen LogP contribution in [0.15, 0.2) is 18.2 Å². The lowest BCUT2D eigenvalue weighted by Crippen LogP contribution is -2.23. The molecule has 0 aromatic heterocycles. The number of hydrogen-bond acceptors (Lipinski definition) is 1. The highest BCUT2D eigenvalue weighted by Crippen LogP contribution is 2.30. The van der Waals surface area contributed by atoms with E-state index in [1.165, 1.54) is 12.1 Å². The molecule has 0 spiro atoms.